The van der Waals surface area contributed by atoms with Crippen molar-refractivity contribution < 1.29 is 4.79 Å². The fourth-order valence-electron chi connectivity index (χ4n) is 0.888. The maximum Gasteiger partial charge on any atom is 0.234 e. The fourth-order valence-corrected chi connectivity index (χ4v) is 0.888. The van der Waals surface area contributed by atoms with Crippen LogP contribution in [-0.2, 0) is 4.79 Å². The molecule has 0 fully saturated rings. The lowest BCUT2D eigenvalue weighted by Gasteiger charge is -2.16. The summed E-state index contributed by atoms with van der Waals surface area (Å²) in [7, 11) is 3.73. The van der Waals surface area contributed by atoms with E-state index >= 15 is 0 Å². The Morgan fingerprint density at radius 2 is 2.17 bits per heavy atom. The third-order valence-electron chi connectivity index (χ3n) is 1.60. The van der Waals surface area contributed by atoms with Crippen LogP contribution in [0.25, 0.3) is 0 Å². The molecule has 4 heteroatoms. The quantitative estimate of drug-likeness (QED) is 0.584. The summed E-state index contributed by atoms with van der Waals surface area (Å²) in [6.07, 6.45) is 0.885. The maximum atomic E-state index is 11.2. The molecule has 0 saturated heterocycles. The zero-order valence-corrected chi connectivity index (χ0v) is 8.13. The van der Waals surface area contributed by atoms with Gasteiger partial charge in [-0.05, 0) is 20.5 Å². The van der Waals surface area contributed by atoms with Crippen molar-refractivity contribution in [2.75, 3.05) is 27.2 Å². The standard InChI is InChI=1S/C8H19N3O/c1-4-7(5-9)10-8(12)6-11(2)3/h7H,4-6,9H2,1-3H3,(H,10,12). The molecule has 0 aromatic rings. The first-order chi connectivity index (χ1) is 5.60. The first-order valence-corrected chi connectivity index (χ1v) is 4.24. The Bertz CT molecular complexity index is 132. The second-order valence-corrected chi connectivity index (χ2v) is 3.15. The highest BCUT2D eigenvalue weighted by Crippen LogP contribution is 1.87. The molecule has 1 atom stereocenters. The van der Waals surface area contributed by atoms with Crippen molar-refractivity contribution in [3.8, 4) is 0 Å². The predicted octanol–water partition coefficient (Wildman–Crippen LogP) is -0.598. The number of hydrogen-bond donors (Lipinski definition) is 2. The normalized spacial score (nSPS) is 13.1. The molecule has 0 saturated carbocycles. The molecule has 72 valence electrons. The summed E-state index contributed by atoms with van der Waals surface area (Å²) in [5.41, 5.74) is 5.43. The van der Waals surface area contributed by atoms with Gasteiger partial charge in [-0.1, -0.05) is 6.92 Å². The number of nitrogens with one attached hydrogen (secondary N) is 1. The number of hydrogen-bond acceptors (Lipinski definition) is 3. The molecule has 0 radical (unpaired) electrons. The van der Waals surface area contributed by atoms with Crippen LogP contribution in [-0.4, -0.2) is 44.0 Å². The van der Waals surface area contributed by atoms with Gasteiger partial charge < -0.3 is 16.0 Å². The molecular weight excluding hydrogens is 154 g/mol. The lowest BCUT2D eigenvalue weighted by atomic mass is 10.2. The van der Waals surface area contributed by atoms with Crippen molar-refractivity contribution >= 4 is 5.91 Å². The summed E-state index contributed by atoms with van der Waals surface area (Å²) in [5, 5.41) is 2.84. The molecule has 1 amide bonds. The minimum atomic E-state index is 0.0392. The Kier molecular flexibility index (Phi) is 5.66. The minimum absolute atomic E-state index is 0.0392. The van der Waals surface area contributed by atoms with Crippen LogP contribution in [0.15, 0.2) is 0 Å². The number of nitrogens with two attached hydrogens (primary N) is 1. The molecule has 0 aromatic heterocycles. The van der Waals surface area contributed by atoms with Crippen LogP contribution in [0.4, 0.5) is 0 Å². The van der Waals surface area contributed by atoms with E-state index in [-0.39, 0.29) is 11.9 Å². The van der Waals surface area contributed by atoms with Gasteiger partial charge in [0.2, 0.25) is 5.91 Å². The Morgan fingerprint density at radius 3 is 2.50 bits per heavy atom. The topological polar surface area (TPSA) is 58.4 Å². The van der Waals surface area contributed by atoms with Crippen LogP contribution in [0.3, 0.4) is 0 Å². The fraction of sp³-hybridized carbons (Fsp3) is 0.875. The lowest BCUT2D eigenvalue weighted by Crippen LogP contribution is -2.43. The highest BCUT2D eigenvalue weighted by atomic mass is 16.2. The second kappa shape index (κ2) is 5.97. The highest BCUT2D eigenvalue weighted by Gasteiger charge is 2.08. The number of nitrogens with zero attached hydrogens (tertiary/aromatic N) is 1. The van der Waals surface area contributed by atoms with E-state index in [9.17, 15) is 4.79 Å². The summed E-state index contributed by atoms with van der Waals surface area (Å²) in [4.78, 5) is 13.0. The zero-order valence-electron chi connectivity index (χ0n) is 8.13. The molecule has 3 N–H and O–H groups in total. The summed E-state index contributed by atoms with van der Waals surface area (Å²) in [6, 6.07) is 0.123. The SMILES string of the molecule is CCC(CN)NC(=O)CN(C)C. The Labute approximate surface area is 74.1 Å². The summed E-state index contributed by atoms with van der Waals surface area (Å²) < 4.78 is 0. The Morgan fingerprint density at radius 1 is 1.58 bits per heavy atom. The molecule has 0 aliphatic rings. The van der Waals surface area contributed by atoms with E-state index in [0.717, 1.165) is 6.42 Å². The van der Waals surface area contributed by atoms with E-state index in [1.165, 1.54) is 0 Å². The molecule has 4 nitrogen and oxygen atoms in total. The van der Waals surface area contributed by atoms with Gasteiger partial charge in [0.05, 0.1) is 6.54 Å². The van der Waals surface area contributed by atoms with Crippen LogP contribution in [0, 0.1) is 0 Å². The van der Waals surface area contributed by atoms with Gasteiger partial charge in [-0.15, -0.1) is 0 Å². The first-order valence-electron chi connectivity index (χ1n) is 4.24. The molecule has 0 aromatic carbocycles. The highest BCUT2D eigenvalue weighted by molar-refractivity contribution is 5.78. The molecule has 1 unspecified atom stereocenters. The summed E-state index contributed by atoms with van der Waals surface area (Å²) in [6.45, 7) is 2.94. The molecular formula is C8H19N3O. The van der Waals surface area contributed by atoms with Gasteiger partial charge in [-0.3, -0.25) is 4.79 Å². The minimum Gasteiger partial charge on any atom is -0.351 e. The molecule has 0 spiro atoms. The first kappa shape index (κ1) is 11.4. The molecule has 0 rings (SSSR count). The van der Waals surface area contributed by atoms with E-state index in [2.05, 4.69) is 5.32 Å². The summed E-state index contributed by atoms with van der Waals surface area (Å²) in [5.74, 6) is 0.0392. The largest absolute Gasteiger partial charge is 0.351 e. The van der Waals surface area contributed by atoms with E-state index < -0.39 is 0 Å². The maximum absolute atomic E-state index is 11.2. The van der Waals surface area contributed by atoms with Crippen molar-refractivity contribution in [2.24, 2.45) is 5.73 Å². The molecule has 0 aliphatic heterocycles. The third-order valence-corrected chi connectivity index (χ3v) is 1.60. The van der Waals surface area contributed by atoms with Gasteiger partial charge in [0.1, 0.15) is 0 Å². The van der Waals surface area contributed by atoms with Crippen molar-refractivity contribution in [3.63, 3.8) is 0 Å². The van der Waals surface area contributed by atoms with Crippen LogP contribution in [0.1, 0.15) is 13.3 Å². The zero-order chi connectivity index (χ0) is 9.56. The number of amides is 1. The van der Waals surface area contributed by atoms with E-state index in [1.54, 1.807) is 0 Å². The smallest absolute Gasteiger partial charge is 0.234 e. The average molecular weight is 173 g/mol. The lowest BCUT2D eigenvalue weighted by molar-refractivity contribution is -0.122. The van der Waals surface area contributed by atoms with Gasteiger partial charge in [0.15, 0.2) is 0 Å². The number of rotatable bonds is 5. The van der Waals surface area contributed by atoms with Gasteiger partial charge in [-0.25, -0.2) is 0 Å². The molecule has 0 bridgehead atoms. The van der Waals surface area contributed by atoms with Crippen LogP contribution in [0.2, 0.25) is 0 Å². The second-order valence-electron chi connectivity index (χ2n) is 3.15. The molecule has 12 heavy (non-hydrogen) atoms. The van der Waals surface area contributed by atoms with Crippen LogP contribution >= 0.6 is 0 Å². The van der Waals surface area contributed by atoms with Gasteiger partial charge in [-0.2, -0.15) is 0 Å². The number of likely N-dealkylation sites (N-methyl/N-ethyl adjacent to an activating group) is 1. The van der Waals surface area contributed by atoms with Gasteiger partial charge in [0, 0.05) is 12.6 Å². The summed E-state index contributed by atoms with van der Waals surface area (Å²) >= 11 is 0. The van der Waals surface area contributed by atoms with Crippen LogP contribution in [0.5, 0.6) is 0 Å². The Balaban J connectivity index is 3.66. The average Bonchev–Trinajstić information content (AvgIpc) is 1.98. The van der Waals surface area contributed by atoms with Crippen molar-refractivity contribution in [1.29, 1.82) is 0 Å². The van der Waals surface area contributed by atoms with Crippen molar-refractivity contribution in [3.05, 3.63) is 0 Å². The van der Waals surface area contributed by atoms with Crippen molar-refractivity contribution in [1.82, 2.24) is 10.2 Å². The van der Waals surface area contributed by atoms with Gasteiger partial charge >= 0.3 is 0 Å². The third kappa shape index (κ3) is 5.09. The van der Waals surface area contributed by atoms with Crippen LogP contribution < -0.4 is 11.1 Å². The van der Waals surface area contributed by atoms with Crippen molar-refractivity contribution in [2.45, 2.75) is 19.4 Å². The van der Waals surface area contributed by atoms with Gasteiger partial charge in [0.25, 0.3) is 0 Å². The number of carbonyl (C=O) groups excluding carboxylic acids is 1. The number of carbonyl (C=O) groups is 1. The monoisotopic (exact) mass is 173 g/mol. The van der Waals surface area contributed by atoms with E-state index in [1.807, 2.05) is 25.9 Å². The molecule has 0 heterocycles. The molecule has 0 aliphatic carbocycles. The Hall–Kier alpha value is -0.610. The predicted molar refractivity (Wildman–Crippen MR) is 49.8 cm³/mol. The van der Waals surface area contributed by atoms with E-state index in [0.29, 0.717) is 13.1 Å². The van der Waals surface area contributed by atoms with E-state index in [4.69, 9.17) is 5.73 Å².